The standard InChI is InChI=1S/C22H22F3N7S/c1-11-9-31(22-26-13(3)30-33-22)10-12(2)19(11)27-21-28-20-15(5-4-8-32(20)29-21)14-6-7-16(23)18(25)17(14)24/h4-8,11-12,19H,9-10H2,1-3H3,(H,27,29)/t11-,12+,19?. The Hall–Kier alpha value is -3.21. The first kappa shape index (κ1) is 21.6. The van der Waals surface area contributed by atoms with E-state index in [4.69, 9.17) is 0 Å². The van der Waals surface area contributed by atoms with Gasteiger partial charge in [-0.1, -0.05) is 13.8 Å². The number of hydrogen-bond acceptors (Lipinski definition) is 7. The molecule has 3 aromatic heterocycles. The third kappa shape index (κ3) is 3.90. The van der Waals surface area contributed by atoms with Gasteiger partial charge in [0.2, 0.25) is 11.1 Å². The van der Waals surface area contributed by atoms with E-state index in [9.17, 15) is 13.2 Å². The maximum atomic E-state index is 14.4. The third-order valence-electron chi connectivity index (χ3n) is 6.01. The minimum Gasteiger partial charge on any atom is -0.350 e. The van der Waals surface area contributed by atoms with Crippen LogP contribution >= 0.6 is 11.5 Å². The zero-order chi connectivity index (χ0) is 23.3. The number of rotatable bonds is 4. The average molecular weight is 474 g/mol. The minimum absolute atomic E-state index is 0.0687. The highest BCUT2D eigenvalue weighted by molar-refractivity contribution is 7.09. The number of hydrogen-bond donors (Lipinski definition) is 1. The van der Waals surface area contributed by atoms with Crippen molar-refractivity contribution >= 4 is 28.3 Å². The molecular formula is C22H22F3N7S. The number of pyridine rings is 1. The molecule has 1 unspecified atom stereocenters. The molecule has 11 heteroatoms. The maximum Gasteiger partial charge on any atom is 0.243 e. The van der Waals surface area contributed by atoms with E-state index in [-0.39, 0.29) is 23.4 Å². The Morgan fingerprint density at radius 3 is 2.45 bits per heavy atom. The molecule has 0 amide bonds. The van der Waals surface area contributed by atoms with E-state index in [1.807, 2.05) is 6.92 Å². The fraction of sp³-hybridized carbons (Fsp3) is 0.364. The van der Waals surface area contributed by atoms with Gasteiger partial charge in [0.25, 0.3) is 0 Å². The van der Waals surface area contributed by atoms with Crippen LogP contribution in [0.4, 0.5) is 24.3 Å². The lowest BCUT2D eigenvalue weighted by atomic mass is 9.86. The summed E-state index contributed by atoms with van der Waals surface area (Å²) in [6.07, 6.45) is 1.68. The zero-order valence-electron chi connectivity index (χ0n) is 18.3. The normalized spacial score (nSPS) is 21.0. The Morgan fingerprint density at radius 1 is 1.00 bits per heavy atom. The average Bonchev–Trinajstić information content (AvgIpc) is 3.40. The SMILES string of the molecule is Cc1nsc(N2C[C@@H](C)C(Nc3nc4c(-c5ccc(F)c(F)c5F)cccn4n3)[C@@H](C)C2)n1. The number of halogens is 3. The predicted octanol–water partition coefficient (Wildman–Crippen LogP) is 4.55. The van der Waals surface area contributed by atoms with Crippen LogP contribution in [0, 0.1) is 36.2 Å². The van der Waals surface area contributed by atoms with Crippen molar-refractivity contribution in [2.75, 3.05) is 23.3 Å². The van der Waals surface area contributed by atoms with E-state index in [2.05, 4.69) is 43.5 Å². The van der Waals surface area contributed by atoms with Crippen LogP contribution in [0.2, 0.25) is 0 Å². The van der Waals surface area contributed by atoms with Gasteiger partial charge in [0, 0.05) is 48.0 Å². The summed E-state index contributed by atoms with van der Waals surface area (Å²) < 4.78 is 47.4. The van der Waals surface area contributed by atoms with Crippen molar-refractivity contribution in [2.45, 2.75) is 26.8 Å². The van der Waals surface area contributed by atoms with Gasteiger partial charge in [0.1, 0.15) is 5.82 Å². The fourth-order valence-electron chi connectivity index (χ4n) is 4.47. The van der Waals surface area contributed by atoms with Crippen LogP contribution in [-0.2, 0) is 0 Å². The van der Waals surface area contributed by atoms with Crippen molar-refractivity contribution in [1.29, 1.82) is 0 Å². The highest BCUT2D eigenvalue weighted by Gasteiger charge is 2.34. The van der Waals surface area contributed by atoms with E-state index in [0.717, 1.165) is 30.1 Å². The van der Waals surface area contributed by atoms with Crippen molar-refractivity contribution in [3.63, 3.8) is 0 Å². The fourth-order valence-corrected chi connectivity index (χ4v) is 5.17. The van der Waals surface area contributed by atoms with Crippen molar-refractivity contribution < 1.29 is 13.2 Å². The third-order valence-corrected chi connectivity index (χ3v) is 6.88. The van der Waals surface area contributed by atoms with Crippen molar-refractivity contribution in [1.82, 2.24) is 24.0 Å². The second-order valence-corrected chi connectivity index (χ2v) is 9.23. The topological polar surface area (TPSA) is 71.2 Å². The number of nitrogens with one attached hydrogen (secondary N) is 1. The van der Waals surface area contributed by atoms with Crippen molar-refractivity contribution in [2.24, 2.45) is 11.8 Å². The first-order chi connectivity index (χ1) is 15.8. The smallest absolute Gasteiger partial charge is 0.243 e. The quantitative estimate of drug-likeness (QED) is 0.439. The molecule has 3 atom stereocenters. The molecule has 33 heavy (non-hydrogen) atoms. The zero-order valence-corrected chi connectivity index (χ0v) is 19.1. The summed E-state index contributed by atoms with van der Waals surface area (Å²) in [5, 5.41) is 8.84. The molecule has 5 rings (SSSR count). The lowest BCUT2D eigenvalue weighted by Crippen LogP contribution is -2.50. The molecule has 1 aliphatic heterocycles. The number of piperidine rings is 1. The summed E-state index contributed by atoms with van der Waals surface area (Å²) in [7, 11) is 0. The van der Waals surface area contributed by atoms with Crippen LogP contribution in [0.25, 0.3) is 16.8 Å². The Kier molecular flexibility index (Phi) is 5.43. The number of aryl methyl sites for hydroxylation is 1. The van der Waals surface area contributed by atoms with E-state index < -0.39 is 17.5 Å². The van der Waals surface area contributed by atoms with Gasteiger partial charge in [-0.2, -0.15) is 9.36 Å². The molecule has 4 aromatic rings. The summed E-state index contributed by atoms with van der Waals surface area (Å²) >= 11 is 1.41. The predicted molar refractivity (Wildman–Crippen MR) is 121 cm³/mol. The highest BCUT2D eigenvalue weighted by Crippen LogP contribution is 2.31. The first-order valence-corrected chi connectivity index (χ1v) is 11.4. The van der Waals surface area contributed by atoms with E-state index >= 15 is 0 Å². The molecule has 0 aliphatic carbocycles. The van der Waals surface area contributed by atoms with Gasteiger partial charge in [-0.3, -0.25) is 0 Å². The van der Waals surface area contributed by atoms with Crippen LogP contribution in [0.5, 0.6) is 0 Å². The van der Waals surface area contributed by atoms with Gasteiger partial charge in [-0.15, -0.1) is 5.10 Å². The number of nitrogens with zero attached hydrogens (tertiary/aromatic N) is 6. The second kappa shape index (κ2) is 8.29. The molecule has 0 bridgehead atoms. The highest BCUT2D eigenvalue weighted by atomic mass is 32.1. The monoisotopic (exact) mass is 473 g/mol. The number of aromatic nitrogens is 5. The number of fused-ring (bicyclic) bond motifs is 1. The number of benzene rings is 1. The summed E-state index contributed by atoms with van der Waals surface area (Å²) in [5.74, 6) is -2.27. The molecule has 1 N–H and O–H groups in total. The summed E-state index contributed by atoms with van der Waals surface area (Å²) in [5.41, 5.74) is 0.616. The van der Waals surface area contributed by atoms with Gasteiger partial charge in [-0.25, -0.2) is 22.7 Å². The Balaban J connectivity index is 1.41. The van der Waals surface area contributed by atoms with Crippen LogP contribution in [0.15, 0.2) is 30.5 Å². The molecule has 1 aromatic carbocycles. The molecule has 1 saturated heterocycles. The molecule has 0 saturated carbocycles. The summed E-state index contributed by atoms with van der Waals surface area (Å²) in [6, 6.07) is 5.49. The van der Waals surface area contributed by atoms with Gasteiger partial charge in [-0.05, 0) is 43.0 Å². The Labute approximate surface area is 192 Å². The Morgan fingerprint density at radius 2 is 1.76 bits per heavy atom. The summed E-state index contributed by atoms with van der Waals surface area (Å²) in [6.45, 7) is 7.83. The minimum atomic E-state index is -1.51. The van der Waals surface area contributed by atoms with Gasteiger partial charge < -0.3 is 10.2 Å². The first-order valence-electron chi connectivity index (χ1n) is 10.6. The lowest BCUT2D eigenvalue weighted by molar-refractivity contribution is 0.317. The Bertz CT molecular complexity index is 1310. The molecule has 172 valence electrons. The molecule has 4 heterocycles. The van der Waals surface area contributed by atoms with Crippen LogP contribution in [-0.4, -0.2) is 43.1 Å². The van der Waals surface area contributed by atoms with E-state index in [0.29, 0.717) is 17.2 Å². The molecule has 7 nitrogen and oxygen atoms in total. The molecule has 0 radical (unpaired) electrons. The summed E-state index contributed by atoms with van der Waals surface area (Å²) in [4.78, 5) is 11.3. The number of anilines is 2. The van der Waals surface area contributed by atoms with E-state index in [1.165, 1.54) is 22.1 Å². The largest absolute Gasteiger partial charge is 0.350 e. The molecule has 1 aliphatic rings. The maximum absolute atomic E-state index is 14.4. The van der Waals surface area contributed by atoms with Gasteiger partial charge >= 0.3 is 0 Å². The van der Waals surface area contributed by atoms with Crippen molar-refractivity contribution in [3.8, 4) is 11.1 Å². The molecular weight excluding hydrogens is 451 g/mol. The van der Waals surface area contributed by atoms with E-state index in [1.54, 1.807) is 18.3 Å². The van der Waals surface area contributed by atoms with Crippen LogP contribution < -0.4 is 10.2 Å². The molecule has 1 fully saturated rings. The van der Waals surface area contributed by atoms with Crippen LogP contribution in [0.3, 0.4) is 0 Å². The van der Waals surface area contributed by atoms with Gasteiger partial charge in [0.05, 0.1) is 0 Å². The van der Waals surface area contributed by atoms with Crippen molar-refractivity contribution in [3.05, 3.63) is 53.7 Å². The second-order valence-electron chi connectivity index (χ2n) is 8.50. The van der Waals surface area contributed by atoms with Crippen LogP contribution in [0.1, 0.15) is 19.7 Å². The lowest BCUT2D eigenvalue weighted by Gasteiger charge is -2.41. The van der Waals surface area contributed by atoms with Gasteiger partial charge in [0.15, 0.2) is 23.1 Å². The molecule has 0 spiro atoms.